The second-order valence-corrected chi connectivity index (χ2v) is 6.10. The first-order valence-corrected chi connectivity index (χ1v) is 8.34. The number of benzene rings is 2. The maximum Gasteiger partial charge on any atom is 0.318 e. The van der Waals surface area contributed by atoms with Crippen molar-refractivity contribution in [3.05, 3.63) is 65.7 Å². The van der Waals surface area contributed by atoms with E-state index in [-0.39, 0.29) is 12.1 Å². The van der Waals surface area contributed by atoms with Crippen LogP contribution < -0.4 is 10.1 Å². The maximum atomic E-state index is 12.4. The molecular formula is C20H26N2O2. The van der Waals surface area contributed by atoms with Gasteiger partial charge in [-0.2, -0.15) is 0 Å². The van der Waals surface area contributed by atoms with Gasteiger partial charge in [-0.15, -0.1) is 0 Å². The third-order valence-corrected chi connectivity index (χ3v) is 3.75. The van der Waals surface area contributed by atoms with Crippen molar-refractivity contribution in [3.63, 3.8) is 0 Å². The van der Waals surface area contributed by atoms with Crippen molar-refractivity contribution in [2.75, 3.05) is 13.2 Å². The molecule has 2 rings (SSSR count). The van der Waals surface area contributed by atoms with Gasteiger partial charge in [0, 0.05) is 12.6 Å². The molecule has 1 N–H and O–H groups in total. The third kappa shape index (κ3) is 5.61. The molecule has 2 aromatic carbocycles. The smallest absolute Gasteiger partial charge is 0.318 e. The van der Waals surface area contributed by atoms with Gasteiger partial charge in [0.2, 0.25) is 0 Å². The Balaban J connectivity index is 1.79. The van der Waals surface area contributed by atoms with Crippen LogP contribution in [0.15, 0.2) is 54.6 Å². The Morgan fingerprint density at radius 1 is 1.08 bits per heavy atom. The van der Waals surface area contributed by atoms with Crippen LogP contribution in [0.25, 0.3) is 0 Å². The molecule has 2 amide bonds. The van der Waals surface area contributed by atoms with E-state index in [0.29, 0.717) is 19.7 Å². The first kappa shape index (κ1) is 17.9. The lowest BCUT2D eigenvalue weighted by atomic mass is 10.2. The van der Waals surface area contributed by atoms with Crippen LogP contribution in [0.3, 0.4) is 0 Å². The molecule has 4 heteroatoms. The van der Waals surface area contributed by atoms with Crippen molar-refractivity contribution >= 4 is 6.03 Å². The van der Waals surface area contributed by atoms with Crippen molar-refractivity contribution in [1.82, 2.24) is 10.2 Å². The molecule has 0 bridgehead atoms. The van der Waals surface area contributed by atoms with E-state index < -0.39 is 0 Å². The van der Waals surface area contributed by atoms with Crippen LogP contribution in [-0.2, 0) is 6.54 Å². The second-order valence-electron chi connectivity index (χ2n) is 6.10. The molecule has 0 saturated heterocycles. The number of carbonyl (C=O) groups excluding carboxylic acids is 1. The van der Waals surface area contributed by atoms with E-state index in [1.54, 1.807) is 0 Å². The Labute approximate surface area is 144 Å². The summed E-state index contributed by atoms with van der Waals surface area (Å²) in [7, 11) is 0. The van der Waals surface area contributed by atoms with Crippen LogP contribution in [0, 0.1) is 6.92 Å². The average Bonchev–Trinajstić information content (AvgIpc) is 2.58. The van der Waals surface area contributed by atoms with Crippen molar-refractivity contribution in [2.24, 2.45) is 0 Å². The Morgan fingerprint density at radius 3 is 2.38 bits per heavy atom. The van der Waals surface area contributed by atoms with Crippen molar-refractivity contribution in [2.45, 2.75) is 33.4 Å². The second kappa shape index (κ2) is 8.96. The Kier molecular flexibility index (Phi) is 6.67. The van der Waals surface area contributed by atoms with Gasteiger partial charge in [-0.05, 0) is 38.5 Å². The number of nitrogens with one attached hydrogen (secondary N) is 1. The van der Waals surface area contributed by atoms with Gasteiger partial charge >= 0.3 is 6.03 Å². The average molecular weight is 326 g/mol. The summed E-state index contributed by atoms with van der Waals surface area (Å²) in [6, 6.07) is 18.0. The van der Waals surface area contributed by atoms with Gasteiger partial charge in [-0.1, -0.05) is 48.0 Å². The summed E-state index contributed by atoms with van der Waals surface area (Å²) in [5, 5.41) is 2.93. The van der Waals surface area contributed by atoms with E-state index in [1.807, 2.05) is 80.3 Å². The number of ether oxygens (including phenoxy) is 1. The number of hydrogen-bond donors (Lipinski definition) is 1. The van der Waals surface area contributed by atoms with E-state index in [0.717, 1.165) is 11.3 Å². The summed E-state index contributed by atoms with van der Waals surface area (Å²) in [5.41, 5.74) is 2.32. The van der Waals surface area contributed by atoms with E-state index in [4.69, 9.17) is 4.74 Å². The molecule has 0 aliphatic carbocycles. The van der Waals surface area contributed by atoms with Crippen LogP contribution in [0.4, 0.5) is 4.79 Å². The monoisotopic (exact) mass is 326 g/mol. The fourth-order valence-electron chi connectivity index (χ4n) is 2.33. The third-order valence-electron chi connectivity index (χ3n) is 3.75. The van der Waals surface area contributed by atoms with Gasteiger partial charge < -0.3 is 15.0 Å². The molecule has 24 heavy (non-hydrogen) atoms. The lowest BCUT2D eigenvalue weighted by Crippen LogP contribution is -2.44. The molecule has 0 aromatic heterocycles. The van der Waals surface area contributed by atoms with Gasteiger partial charge in [0.1, 0.15) is 12.4 Å². The number of aryl methyl sites for hydroxylation is 1. The highest BCUT2D eigenvalue weighted by molar-refractivity contribution is 5.74. The molecule has 4 nitrogen and oxygen atoms in total. The first-order valence-electron chi connectivity index (χ1n) is 8.34. The van der Waals surface area contributed by atoms with Crippen LogP contribution in [0.2, 0.25) is 0 Å². The highest BCUT2D eigenvalue weighted by Gasteiger charge is 2.16. The molecule has 0 unspecified atom stereocenters. The number of urea groups is 1. The summed E-state index contributed by atoms with van der Waals surface area (Å²) in [5.74, 6) is 0.819. The maximum absolute atomic E-state index is 12.4. The number of amides is 2. The zero-order valence-electron chi connectivity index (χ0n) is 14.7. The number of carbonyl (C=O) groups is 1. The minimum atomic E-state index is -0.0682. The topological polar surface area (TPSA) is 41.6 Å². The summed E-state index contributed by atoms with van der Waals surface area (Å²) in [6.45, 7) is 7.60. The highest BCUT2D eigenvalue weighted by Crippen LogP contribution is 2.11. The molecule has 0 heterocycles. The zero-order chi connectivity index (χ0) is 17.4. The van der Waals surface area contributed by atoms with Gasteiger partial charge in [-0.25, -0.2) is 4.79 Å². The molecule has 0 fully saturated rings. The molecule has 0 saturated carbocycles. The minimum Gasteiger partial charge on any atom is -0.492 e. The van der Waals surface area contributed by atoms with Crippen LogP contribution in [-0.4, -0.2) is 30.1 Å². The molecule has 0 spiro atoms. The molecule has 128 valence electrons. The summed E-state index contributed by atoms with van der Waals surface area (Å²) in [6.07, 6.45) is 0. The number of rotatable bonds is 7. The lowest BCUT2D eigenvalue weighted by Gasteiger charge is -2.27. The van der Waals surface area contributed by atoms with Crippen molar-refractivity contribution < 1.29 is 9.53 Å². The molecule has 0 atom stereocenters. The normalized spacial score (nSPS) is 10.5. The van der Waals surface area contributed by atoms with Gasteiger partial charge in [-0.3, -0.25) is 0 Å². The van der Waals surface area contributed by atoms with Gasteiger partial charge in [0.05, 0.1) is 6.54 Å². The molecule has 0 aliphatic heterocycles. The lowest BCUT2D eigenvalue weighted by molar-refractivity contribution is 0.177. The molecule has 0 radical (unpaired) electrons. The van der Waals surface area contributed by atoms with Crippen molar-refractivity contribution in [1.29, 1.82) is 0 Å². The van der Waals surface area contributed by atoms with Crippen molar-refractivity contribution in [3.8, 4) is 5.75 Å². The van der Waals surface area contributed by atoms with Gasteiger partial charge in [0.25, 0.3) is 0 Å². The van der Waals surface area contributed by atoms with Gasteiger partial charge in [0.15, 0.2) is 0 Å². The Morgan fingerprint density at radius 2 is 1.75 bits per heavy atom. The molecule has 2 aromatic rings. The SMILES string of the molecule is Cc1ccc(OCCNC(=O)N(Cc2ccccc2)C(C)C)cc1. The van der Waals surface area contributed by atoms with E-state index in [2.05, 4.69) is 5.32 Å². The minimum absolute atomic E-state index is 0.0682. The van der Waals surface area contributed by atoms with E-state index in [1.165, 1.54) is 5.56 Å². The zero-order valence-corrected chi connectivity index (χ0v) is 14.7. The predicted molar refractivity (Wildman–Crippen MR) is 97.2 cm³/mol. The Bertz CT molecular complexity index is 624. The number of hydrogen-bond acceptors (Lipinski definition) is 2. The largest absolute Gasteiger partial charge is 0.492 e. The summed E-state index contributed by atoms with van der Waals surface area (Å²) in [4.78, 5) is 14.2. The van der Waals surface area contributed by atoms with E-state index in [9.17, 15) is 4.79 Å². The fourth-order valence-corrected chi connectivity index (χ4v) is 2.33. The highest BCUT2D eigenvalue weighted by atomic mass is 16.5. The van der Waals surface area contributed by atoms with E-state index >= 15 is 0 Å². The molecule has 0 aliphatic rings. The van der Waals surface area contributed by atoms with Crippen LogP contribution in [0.1, 0.15) is 25.0 Å². The standard InChI is InChI=1S/C20H26N2O2/c1-16(2)22(15-18-7-5-4-6-8-18)20(23)21-13-14-24-19-11-9-17(3)10-12-19/h4-12,16H,13-15H2,1-3H3,(H,21,23). The molecular weight excluding hydrogens is 300 g/mol. The first-order chi connectivity index (χ1) is 11.6. The predicted octanol–water partition coefficient (Wildman–Crippen LogP) is 3.99. The van der Waals surface area contributed by atoms with Crippen LogP contribution >= 0.6 is 0 Å². The van der Waals surface area contributed by atoms with Crippen LogP contribution in [0.5, 0.6) is 5.75 Å². The Hall–Kier alpha value is -2.49. The summed E-state index contributed by atoms with van der Waals surface area (Å²) < 4.78 is 5.64. The number of nitrogens with zero attached hydrogens (tertiary/aromatic N) is 1. The summed E-state index contributed by atoms with van der Waals surface area (Å²) >= 11 is 0. The quantitative estimate of drug-likeness (QED) is 0.782. The fraction of sp³-hybridized carbons (Fsp3) is 0.350.